The summed E-state index contributed by atoms with van der Waals surface area (Å²) in [4.78, 5) is 0. The van der Waals surface area contributed by atoms with E-state index in [-0.39, 0.29) is 0 Å². The van der Waals surface area contributed by atoms with E-state index in [1.54, 1.807) is 11.4 Å². The second-order valence-corrected chi connectivity index (χ2v) is 7.31. The number of hydrogen-bond donors (Lipinski definition) is 1. The summed E-state index contributed by atoms with van der Waals surface area (Å²) in [6.07, 6.45) is 0.853. The van der Waals surface area contributed by atoms with E-state index in [0.717, 1.165) is 31.0 Å². The van der Waals surface area contributed by atoms with Gasteiger partial charge in [0.25, 0.3) is 10.2 Å². The summed E-state index contributed by atoms with van der Waals surface area (Å²) in [5.74, 6) is 1.81. The van der Waals surface area contributed by atoms with Crippen LogP contribution < -0.4 is 5.32 Å². The van der Waals surface area contributed by atoms with Gasteiger partial charge in [0, 0.05) is 38.2 Å². The van der Waals surface area contributed by atoms with E-state index in [4.69, 9.17) is 0 Å². The predicted octanol–water partition coefficient (Wildman–Crippen LogP) is 0.211. The fourth-order valence-corrected chi connectivity index (χ4v) is 4.23. The first kappa shape index (κ1) is 15.2. The first-order valence-electron chi connectivity index (χ1n) is 6.09. The molecule has 0 spiro atoms. The van der Waals surface area contributed by atoms with Gasteiger partial charge in [-0.15, -0.1) is 0 Å². The van der Waals surface area contributed by atoms with Crippen LogP contribution in [0.5, 0.6) is 0 Å². The van der Waals surface area contributed by atoms with E-state index in [0.29, 0.717) is 19.6 Å². The third-order valence-corrected chi connectivity index (χ3v) is 5.70. The highest BCUT2D eigenvalue weighted by Crippen LogP contribution is 2.15. The monoisotopic (exact) mass is 281 g/mol. The molecule has 0 unspecified atom stereocenters. The Morgan fingerprint density at radius 2 is 2.00 bits per heavy atom. The molecular formula is C10H23N3O2S2. The minimum atomic E-state index is -3.22. The highest BCUT2D eigenvalue weighted by molar-refractivity contribution is 7.99. The van der Waals surface area contributed by atoms with Crippen LogP contribution in [0.15, 0.2) is 0 Å². The molecular weight excluding hydrogens is 258 g/mol. The molecule has 0 amide bonds. The summed E-state index contributed by atoms with van der Waals surface area (Å²) in [6, 6.07) is 0. The summed E-state index contributed by atoms with van der Waals surface area (Å²) in [5, 5.41) is 3.20. The van der Waals surface area contributed by atoms with Gasteiger partial charge in [-0.3, -0.25) is 0 Å². The lowest BCUT2D eigenvalue weighted by Gasteiger charge is -2.29. The topological polar surface area (TPSA) is 52.7 Å². The van der Waals surface area contributed by atoms with Gasteiger partial charge in [-0.05, 0) is 19.5 Å². The van der Waals surface area contributed by atoms with Crippen molar-refractivity contribution in [3.63, 3.8) is 0 Å². The zero-order valence-corrected chi connectivity index (χ0v) is 12.3. The first-order valence-corrected chi connectivity index (χ1v) is 8.64. The van der Waals surface area contributed by atoms with Crippen LogP contribution in [0.1, 0.15) is 13.3 Å². The minimum Gasteiger partial charge on any atom is -0.317 e. The molecule has 1 aliphatic rings. The smallest absolute Gasteiger partial charge is 0.281 e. The summed E-state index contributed by atoms with van der Waals surface area (Å²) >= 11 is 1.82. The summed E-state index contributed by atoms with van der Waals surface area (Å²) in [7, 11) is -1.55. The second kappa shape index (κ2) is 7.58. The van der Waals surface area contributed by atoms with Gasteiger partial charge in [0.2, 0.25) is 0 Å². The molecule has 1 saturated heterocycles. The minimum absolute atomic E-state index is 0.582. The Labute approximate surface area is 109 Å². The van der Waals surface area contributed by atoms with Crippen molar-refractivity contribution in [3.8, 4) is 0 Å². The van der Waals surface area contributed by atoms with E-state index in [9.17, 15) is 8.42 Å². The Bertz CT molecular complexity index is 303. The van der Waals surface area contributed by atoms with Gasteiger partial charge in [-0.25, -0.2) is 0 Å². The lowest BCUT2D eigenvalue weighted by Crippen LogP contribution is -2.46. The highest BCUT2D eigenvalue weighted by atomic mass is 32.2. The molecule has 0 aromatic rings. The SMILES string of the molecule is CCNCCCN(C)S(=O)(=O)N1CCSCC1. The van der Waals surface area contributed by atoms with Gasteiger partial charge in [-0.1, -0.05) is 6.92 Å². The molecule has 1 aliphatic heterocycles. The van der Waals surface area contributed by atoms with E-state index >= 15 is 0 Å². The molecule has 1 fully saturated rings. The van der Waals surface area contributed by atoms with Crippen LogP contribution in [-0.2, 0) is 10.2 Å². The Morgan fingerprint density at radius 1 is 1.35 bits per heavy atom. The van der Waals surface area contributed by atoms with Crippen molar-refractivity contribution >= 4 is 22.0 Å². The molecule has 1 heterocycles. The van der Waals surface area contributed by atoms with E-state index < -0.39 is 10.2 Å². The van der Waals surface area contributed by atoms with E-state index in [1.807, 2.05) is 18.7 Å². The quantitative estimate of drug-likeness (QED) is 0.678. The molecule has 0 aromatic carbocycles. The summed E-state index contributed by atoms with van der Waals surface area (Å²) in [6.45, 7) is 5.71. The third-order valence-electron chi connectivity index (χ3n) is 2.77. The van der Waals surface area contributed by atoms with Gasteiger partial charge < -0.3 is 5.32 Å². The normalized spacial score (nSPS) is 18.8. The maximum Gasteiger partial charge on any atom is 0.281 e. The Kier molecular flexibility index (Phi) is 6.79. The number of rotatable bonds is 7. The number of hydrogen-bond acceptors (Lipinski definition) is 4. The second-order valence-electron chi connectivity index (χ2n) is 4.05. The number of thioether (sulfide) groups is 1. The molecule has 1 N–H and O–H groups in total. The van der Waals surface area contributed by atoms with Crippen molar-refractivity contribution < 1.29 is 8.42 Å². The molecule has 0 aromatic heterocycles. The fourth-order valence-electron chi connectivity index (χ4n) is 1.69. The van der Waals surface area contributed by atoms with Crippen LogP contribution in [0.2, 0.25) is 0 Å². The number of nitrogens with one attached hydrogen (secondary N) is 1. The molecule has 0 bridgehead atoms. The Balaban J connectivity index is 2.39. The molecule has 17 heavy (non-hydrogen) atoms. The fraction of sp³-hybridized carbons (Fsp3) is 1.00. The van der Waals surface area contributed by atoms with E-state index in [1.165, 1.54) is 4.31 Å². The zero-order valence-electron chi connectivity index (χ0n) is 10.7. The lowest BCUT2D eigenvalue weighted by molar-refractivity contribution is 0.373. The van der Waals surface area contributed by atoms with Crippen LogP contribution in [0.4, 0.5) is 0 Å². The average Bonchev–Trinajstić information content (AvgIpc) is 2.35. The van der Waals surface area contributed by atoms with Crippen molar-refractivity contribution in [2.75, 3.05) is 51.3 Å². The molecule has 102 valence electrons. The molecule has 1 rings (SSSR count). The molecule has 7 heteroatoms. The maximum absolute atomic E-state index is 12.2. The van der Waals surface area contributed by atoms with Crippen LogP contribution in [0, 0.1) is 0 Å². The highest BCUT2D eigenvalue weighted by Gasteiger charge is 2.27. The summed E-state index contributed by atoms with van der Waals surface area (Å²) in [5.41, 5.74) is 0. The third kappa shape index (κ3) is 4.75. The molecule has 0 atom stereocenters. The van der Waals surface area contributed by atoms with Crippen molar-refractivity contribution in [1.29, 1.82) is 0 Å². The van der Waals surface area contributed by atoms with Crippen molar-refractivity contribution in [1.82, 2.24) is 13.9 Å². The molecule has 5 nitrogen and oxygen atoms in total. The summed E-state index contributed by atoms with van der Waals surface area (Å²) < 4.78 is 27.4. The van der Waals surface area contributed by atoms with E-state index in [2.05, 4.69) is 5.32 Å². The Hall–Kier alpha value is 0.180. The standard InChI is InChI=1S/C10H23N3O2S2/c1-3-11-5-4-6-12(2)17(14,15)13-7-9-16-10-8-13/h11H,3-10H2,1-2H3. The maximum atomic E-state index is 12.2. The predicted molar refractivity (Wildman–Crippen MR) is 73.6 cm³/mol. The van der Waals surface area contributed by atoms with Crippen LogP contribution >= 0.6 is 11.8 Å². The van der Waals surface area contributed by atoms with Crippen LogP contribution in [-0.4, -0.2) is 68.3 Å². The van der Waals surface area contributed by atoms with Crippen molar-refractivity contribution in [3.05, 3.63) is 0 Å². The van der Waals surface area contributed by atoms with Gasteiger partial charge in [0.05, 0.1) is 0 Å². The van der Waals surface area contributed by atoms with Gasteiger partial charge in [0.15, 0.2) is 0 Å². The van der Waals surface area contributed by atoms with Crippen LogP contribution in [0.25, 0.3) is 0 Å². The van der Waals surface area contributed by atoms with Crippen LogP contribution in [0.3, 0.4) is 0 Å². The molecule has 0 aliphatic carbocycles. The molecule has 0 radical (unpaired) electrons. The zero-order chi connectivity index (χ0) is 12.7. The van der Waals surface area contributed by atoms with Crippen molar-refractivity contribution in [2.45, 2.75) is 13.3 Å². The van der Waals surface area contributed by atoms with Gasteiger partial charge >= 0.3 is 0 Å². The largest absolute Gasteiger partial charge is 0.317 e. The first-order chi connectivity index (χ1) is 8.09. The lowest BCUT2D eigenvalue weighted by atomic mass is 10.4. The van der Waals surface area contributed by atoms with Gasteiger partial charge in [0.1, 0.15) is 0 Å². The number of nitrogens with zero attached hydrogens (tertiary/aromatic N) is 2. The Morgan fingerprint density at radius 3 is 2.59 bits per heavy atom. The van der Waals surface area contributed by atoms with Crippen molar-refractivity contribution in [2.24, 2.45) is 0 Å². The molecule has 0 saturated carbocycles. The average molecular weight is 281 g/mol. The van der Waals surface area contributed by atoms with Gasteiger partial charge in [-0.2, -0.15) is 28.8 Å².